The molecule has 9 nitrogen and oxygen atoms in total. The highest BCUT2D eigenvalue weighted by Crippen LogP contribution is 2.35. The SMILES string of the molecule is CN(C)C(=O)C1CN(C(=O)CCS(=O)(=O)c2ccc3c(c2)OCCO3)c2ccccc2O1. The molecular weight excluding hydrogens is 436 g/mol. The van der Waals surface area contributed by atoms with E-state index in [1.165, 1.54) is 21.9 Å². The second kappa shape index (κ2) is 8.70. The fourth-order valence-electron chi connectivity index (χ4n) is 3.58. The number of amides is 2. The number of nitrogens with zero attached hydrogens (tertiary/aromatic N) is 2. The van der Waals surface area contributed by atoms with Crippen molar-refractivity contribution in [2.45, 2.75) is 17.4 Å². The molecule has 0 N–H and O–H groups in total. The molecule has 0 fully saturated rings. The van der Waals surface area contributed by atoms with Gasteiger partial charge in [0.15, 0.2) is 27.4 Å². The van der Waals surface area contributed by atoms with Crippen LogP contribution in [0, 0.1) is 0 Å². The monoisotopic (exact) mass is 460 g/mol. The van der Waals surface area contributed by atoms with Crippen molar-refractivity contribution in [3.05, 3.63) is 42.5 Å². The molecule has 32 heavy (non-hydrogen) atoms. The number of benzene rings is 2. The van der Waals surface area contributed by atoms with Gasteiger partial charge in [0.1, 0.15) is 19.0 Å². The number of rotatable bonds is 5. The molecule has 0 bridgehead atoms. The van der Waals surface area contributed by atoms with Crippen LogP contribution in [0.2, 0.25) is 0 Å². The van der Waals surface area contributed by atoms with Crippen LogP contribution in [0.4, 0.5) is 5.69 Å². The number of para-hydroxylation sites is 2. The van der Waals surface area contributed by atoms with E-state index >= 15 is 0 Å². The molecule has 2 aliphatic heterocycles. The number of hydrogen-bond acceptors (Lipinski definition) is 7. The van der Waals surface area contributed by atoms with E-state index in [1.54, 1.807) is 44.4 Å². The van der Waals surface area contributed by atoms with Crippen LogP contribution in [0.3, 0.4) is 0 Å². The predicted molar refractivity (Wildman–Crippen MR) is 116 cm³/mol. The number of carbonyl (C=O) groups excluding carboxylic acids is 2. The molecule has 1 unspecified atom stereocenters. The lowest BCUT2D eigenvalue weighted by Crippen LogP contribution is -2.50. The number of ether oxygens (including phenoxy) is 3. The summed E-state index contributed by atoms with van der Waals surface area (Å²) in [4.78, 5) is 28.4. The van der Waals surface area contributed by atoms with Crippen LogP contribution in [-0.2, 0) is 19.4 Å². The molecule has 0 saturated carbocycles. The Balaban J connectivity index is 1.51. The highest BCUT2D eigenvalue weighted by Gasteiger charge is 2.35. The average Bonchev–Trinajstić information content (AvgIpc) is 2.81. The summed E-state index contributed by atoms with van der Waals surface area (Å²) in [7, 11) is -0.519. The first-order valence-corrected chi connectivity index (χ1v) is 11.8. The van der Waals surface area contributed by atoms with Crippen LogP contribution in [0.25, 0.3) is 0 Å². The zero-order chi connectivity index (χ0) is 22.9. The van der Waals surface area contributed by atoms with Crippen LogP contribution < -0.4 is 19.1 Å². The minimum atomic E-state index is -3.74. The Bertz CT molecular complexity index is 1150. The lowest BCUT2D eigenvalue weighted by Gasteiger charge is -2.35. The van der Waals surface area contributed by atoms with Crippen molar-refractivity contribution < 1.29 is 32.2 Å². The van der Waals surface area contributed by atoms with Crippen molar-refractivity contribution in [2.24, 2.45) is 0 Å². The van der Waals surface area contributed by atoms with Crippen molar-refractivity contribution >= 4 is 27.3 Å². The molecule has 0 aromatic heterocycles. The van der Waals surface area contributed by atoms with Gasteiger partial charge in [0.05, 0.1) is 22.9 Å². The van der Waals surface area contributed by atoms with Crippen molar-refractivity contribution in [3.63, 3.8) is 0 Å². The minimum absolute atomic E-state index is 0.0108. The molecule has 4 rings (SSSR count). The zero-order valence-electron chi connectivity index (χ0n) is 17.8. The van der Waals surface area contributed by atoms with E-state index in [0.717, 1.165) is 0 Å². The van der Waals surface area contributed by atoms with E-state index in [0.29, 0.717) is 36.1 Å². The molecule has 2 aromatic carbocycles. The molecule has 2 amide bonds. The summed E-state index contributed by atoms with van der Waals surface area (Å²) < 4.78 is 42.4. The van der Waals surface area contributed by atoms with Gasteiger partial charge in [0, 0.05) is 26.6 Å². The van der Waals surface area contributed by atoms with E-state index in [2.05, 4.69) is 0 Å². The molecule has 10 heteroatoms. The van der Waals surface area contributed by atoms with Gasteiger partial charge in [0.25, 0.3) is 5.91 Å². The largest absolute Gasteiger partial charge is 0.486 e. The normalized spacial score (nSPS) is 17.2. The van der Waals surface area contributed by atoms with Gasteiger partial charge in [-0.15, -0.1) is 0 Å². The number of likely N-dealkylation sites (N-methyl/N-ethyl adjacent to an activating group) is 1. The summed E-state index contributed by atoms with van der Waals surface area (Å²) in [5.74, 6) is 0.210. The Morgan fingerprint density at radius 3 is 2.50 bits per heavy atom. The molecule has 1 atom stereocenters. The fraction of sp³-hybridized carbons (Fsp3) is 0.364. The Kier molecular flexibility index (Phi) is 5.96. The Hall–Kier alpha value is -3.27. The summed E-state index contributed by atoms with van der Waals surface area (Å²) in [5, 5.41) is 0. The van der Waals surface area contributed by atoms with Crippen LogP contribution in [0.5, 0.6) is 17.2 Å². The second-order valence-electron chi connectivity index (χ2n) is 7.69. The quantitative estimate of drug-likeness (QED) is 0.666. The van der Waals surface area contributed by atoms with Gasteiger partial charge in [-0.2, -0.15) is 0 Å². The van der Waals surface area contributed by atoms with E-state index < -0.39 is 21.8 Å². The first-order chi connectivity index (χ1) is 15.3. The number of anilines is 1. The number of fused-ring (bicyclic) bond motifs is 2. The lowest BCUT2D eigenvalue weighted by molar-refractivity contribution is -0.136. The smallest absolute Gasteiger partial charge is 0.265 e. The van der Waals surface area contributed by atoms with E-state index in [9.17, 15) is 18.0 Å². The van der Waals surface area contributed by atoms with Gasteiger partial charge < -0.3 is 24.0 Å². The predicted octanol–water partition coefficient (Wildman–Crippen LogP) is 1.50. The topological polar surface area (TPSA) is 102 Å². The summed E-state index contributed by atoms with van der Waals surface area (Å²) in [5.41, 5.74) is 0.511. The Morgan fingerprint density at radius 1 is 1.03 bits per heavy atom. The van der Waals surface area contributed by atoms with E-state index in [1.807, 2.05) is 0 Å². The summed E-state index contributed by atoms with van der Waals surface area (Å²) in [6.07, 6.45) is -1.10. The number of sulfone groups is 1. The van der Waals surface area contributed by atoms with E-state index in [4.69, 9.17) is 14.2 Å². The molecule has 0 saturated heterocycles. The van der Waals surface area contributed by atoms with Crippen LogP contribution in [0.1, 0.15) is 6.42 Å². The van der Waals surface area contributed by atoms with Crippen molar-refractivity contribution in [1.29, 1.82) is 0 Å². The molecule has 2 aromatic rings. The summed E-state index contributed by atoms with van der Waals surface area (Å²) in [6, 6.07) is 11.3. The first kappa shape index (κ1) is 21.9. The third kappa shape index (κ3) is 4.36. The average molecular weight is 461 g/mol. The maximum absolute atomic E-state index is 13.0. The highest BCUT2D eigenvalue weighted by molar-refractivity contribution is 7.91. The van der Waals surface area contributed by atoms with Gasteiger partial charge in [-0.1, -0.05) is 12.1 Å². The van der Waals surface area contributed by atoms with Crippen molar-refractivity contribution in [1.82, 2.24) is 4.90 Å². The zero-order valence-corrected chi connectivity index (χ0v) is 18.6. The Labute approximate surface area is 186 Å². The minimum Gasteiger partial charge on any atom is -0.486 e. The summed E-state index contributed by atoms with van der Waals surface area (Å²) >= 11 is 0. The summed E-state index contributed by atoms with van der Waals surface area (Å²) in [6.45, 7) is 0.765. The molecule has 0 radical (unpaired) electrons. The highest BCUT2D eigenvalue weighted by atomic mass is 32.2. The molecule has 2 aliphatic rings. The standard InChI is InChI=1S/C22H24N2O7S/c1-23(2)22(26)20-14-24(16-5-3-4-6-17(16)31-20)21(25)9-12-32(27,28)15-7-8-18-19(13-15)30-11-10-29-18/h3-8,13,20H,9-12,14H2,1-2H3. The molecular formula is C22H24N2O7S. The van der Waals surface area contributed by atoms with Crippen LogP contribution in [-0.4, -0.2) is 70.8 Å². The third-order valence-corrected chi connectivity index (χ3v) is 6.96. The van der Waals surface area contributed by atoms with Gasteiger partial charge in [-0.3, -0.25) is 9.59 Å². The second-order valence-corrected chi connectivity index (χ2v) is 9.79. The van der Waals surface area contributed by atoms with Gasteiger partial charge >= 0.3 is 0 Å². The molecule has 170 valence electrons. The van der Waals surface area contributed by atoms with Gasteiger partial charge in [0.2, 0.25) is 5.91 Å². The first-order valence-electron chi connectivity index (χ1n) is 10.2. The number of hydrogen-bond donors (Lipinski definition) is 0. The maximum atomic E-state index is 13.0. The van der Waals surface area contributed by atoms with Crippen molar-refractivity contribution in [2.75, 3.05) is 44.5 Å². The van der Waals surface area contributed by atoms with Gasteiger partial charge in [-0.05, 0) is 24.3 Å². The van der Waals surface area contributed by atoms with Crippen LogP contribution >= 0.6 is 0 Å². The maximum Gasteiger partial charge on any atom is 0.265 e. The molecule has 2 heterocycles. The van der Waals surface area contributed by atoms with Gasteiger partial charge in [-0.25, -0.2) is 8.42 Å². The van der Waals surface area contributed by atoms with E-state index in [-0.39, 0.29) is 29.5 Å². The molecule has 0 aliphatic carbocycles. The van der Waals surface area contributed by atoms with Crippen molar-refractivity contribution in [3.8, 4) is 17.2 Å². The fourth-order valence-corrected chi connectivity index (χ4v) is 4.82. The van der Waals surface area contributed by atoms with Crippen LogP contribution in [0.15, 0.2) is 47.4 Å². The lowest BCUT2D eigenvalue weighted by atomic mass is 10.1. The Morgan fingerprint density at radius 2 is 1.75 bits per heavy atom. The third-order valence-electron chi connectivity index (χ3n) is 5.25. The molecule has 0 spiro atoms. The number of carbonyl (C=O) groups is 2.